The van der Waals surface area contributed by atoms with Crippen molar-refractivity contribution in [1.29, 1.82) is 0 Å². The van der Waals surface area contributed by atoms with Crippen LogP contribution in [0.2, 0.25) is 0 Å². The second-order valence-electron chi connectivity index (χ2n) is 4.29. The van der Waals surface area contributed by atoms with Gasteiger partial charge in [0.25, 0.3) is 0 Å². The van der Waals surface area contributed by atoms with Crippen molar-refractivity contribution < 1.29 is 0 Å². The van der Waals surface area contributed by atoms with Gasteiger partial charge in [-0.3, -0.25) is 5.43 Å². The third-order valence-electron chi connectivity index (χ3n) is 2.68. The van der Waals surface area contributed by atoms with Crippen molar-refractivity contribution in [2.75, 3.05) is 5.32 Å². The minimum absolute atomic E-state index is 0.549. The molecule has 19 heavy (non-hydrogen) atoms. The number of hydrogen-bond donors (Lipinski definition) is 3. The van der Waals surface area contributed by atoms with Crippen molar-refractivity contribution in [2.24, 2.45) is 10.8 Å². The Kier molecular flexibility index (Phi) is 4.53. The lowest BCUT2D eigenvalue weighted by Crippen LogP contribution is -2.36. The molecule has 4 nitrogen and oxygen atoms in total. The van der Waals surface area contributed by atoms with E-state index >= 15 is 0 Å². The van der Waals surface area contributed by atoms with Gasteiger partial charge in [-0.25, -0.2) is 10.8 Å². The monoisotopic (exact) mass is 254 g/mol. The third kappa shape index (κ3) is 4.12. The van der Waals surface area contributed by atoms with E-state index in [1.54, 1.807) is 0 Å². The van der Waals surface area contributed by atoms with E-state index in [2.05, 4.69) is 34.8 Å². The summed E-state index contributed by atoms with van der Waals surface area (Å²) in [6.07, 6.45) is 0. The highest BCUT2D eigenvalue weighted by molar-refractivity contribution is 5.93. The van der Waals surface area contributed by atoms with Crippen LogP contribution in [-0.4, -0.2) is 5.96 Å². The normalized spacial score (nSPS) is 11.2. The molecule has 0 amide bonds. The minimum atomic E-state index is 0.549. The van der Waals surface area contributed by atoms with Crippen molar-refractivity contribution in [2.45, 2.75) is 13.5 Å². The average Bonchev–Trinajstić information content (AvgIpc) is 2.44. The average molecular weight is 254 g/mol. The Labute approximate surface area is 113 Å². The molecule has 0 unspecified atom stereocenters. The van der Waals surface area contributed by atoms with Crippen LogP contribution in [0.1, 0.15) is 11.1 Å². The fourth-order valence-electron chi connectivity index (χ4n) is 1.76. The highest BCUT2D eigenvalue weighted by Gasteiger charge is 1.97. The molecule has 0 spiro atoms. The summed E-state index contributed by atoms with van der Waals surface area (Å²) in [6.45, 7) is 2.65. The molecule has 0 fully saturated rings. The fourth-order valence-corrected chi connectivity index (χ4v) is 1.76. The van der Waals surface area contributed by atoms with Gasteiger partial charge in [0.1, 0.15) is 0 Å². The first-order chi connectivity index (χ1) is 9.28. The Balaban J connectivity index is 2.03. The molecule has 4 heteroatoms. The van der Waals surface area contributed by atoms with Crippen molar-refractivity contribution in [1.82, 2.24) is 5.43 Å². The van der Waals surface area contributed by atoms with Gasteiger partial charge in [0.05, 0.1) is 6.54 Å². The zero-order chi connectivity index (χ0) is 13.5. The standard InChI is InChI=1S/C15H18N4/c1-12-6-5-7-13(10-12)11-17-15(19-16)18-14-8-3-2-4-9-14/h2-10H,11,16H2,1H3,(H2,17,18,19). The van der Waals surface area contributed by atoms with Crippen LogP contribution < -0.4 is 16.6 Å². The molecule has 0 aliphatic rings. The first kappa shape index (κ1) is 13.1. The largest absolute Gasteiger partial charge is 0.325 e. The number of anilines is 1. The quantitative estimate of drug-likeness (QED) is 0.341. The van der Waals surface area contributed by atoms with Gasteiger partial charge in [-0.2, -0.15) is 0 Å². The molecule has 0 saturated heterocycles. The van der Waals surface area contributed by atoms with E-state index in [-0.39, 0.29) is 0 Å². The summed E-state index contributed by atoms with van der Waals surface area (Å²) in [5.74, 6) is 6.02. The number of nitrogens with two attached hydrogens (primary N) is 1. The highest BCUT2D eigenvalue weighted by Crippen LogP contribution is 2.07. The van der Waals surface area contributed by atoms with Gasteiger partial charge >= 0.3 is 0 Å². The number of aryl methyl sites for hydroxylation is 1. The number of benzene rings is 2. The Morgan fingerprint density at radius 3 is 2.58 bits per heavy atom. The summed E-state index contributed by atoms with van der Waals surface area (Å²) in [5, 5.41) is 3.13. The molecule has 0 heterocycles. The van der Waals surface area contributed by atoms with Gasteiger partial charge in [0.2, 0.25) is 5.96 Å². The molecule has 98 valence electrons. The summed E-state index contributed by atoms with van der Waals surface area (Å²) in [5.41, 5.74) is 5.90. The van der Waals surface area contributed by atoms with E-state index in [0.717, 1.165) is 11.3 Å². The third-order valence-corrected chi connectivity index (χ3v) is 2.68. The molecule has 2 aromatic carbocycles. The summed E-state index contributed by atoms with van der Waals surface area (Å²) < 4.78 is 0. The van der Waals surface area contributed by atoms with Gasteiger partial charge in [-0.05, 0) is 24.6 Å². The number of rotatable bonds is 3. The molecule has 0 aromatic heterocycles. The van der Waals surface area contributed by atoms with Crippen LogP contribution in [-0.2, 0) is 6.54 Å². The summed E-state index contributed by atoms with van der Waals surface area (Å²) in [6, 6.07) is 18.0. The van der Waals surface area contributed by atoms with Crippen LogP contribution in [0.5, 0.6) is 0 Å². The topological polar surface area (TPSA) is 62.4 Å². The molecule has 4 N–H and O–H groups in total. The second-order valence-corrected chi connectivity index (χ2v) is 4.29. The number of para-hydroxylation sites is 1. The van der Waals surface area contributed by atoms with Gasteiger partial charge in [0.15, 0.2) is 0 Å². The molecule has 2 rings (SSSR count). The first-order valence-electron chi connectivity index (χ1n) is 6.16. The van der Waals surface area contributed by atoms with Crippen LogP contribution >= 0.6 is 0 Å². The first-order valence-corrected chi connectivity index (χ1v) is 6.16. The van der Waals surface area contributed by atoms with Gasteiger partial charge < -0.3 is 5.32 Å². The summed E-state index contributed by atoms with van der Waals surface area (Å²) in [4.78, 5) is 4.42. The lowest BCUT2D eigenvalue weighted by atomic mass is 10.1. The lowest BCUT2D eigenvalue weighted by Gasteiger charge is -2.09. The Bertz CT molecular complexity index is 549. The van der Waals surface area contributed by atoms with E-state index < -0.39 is 0 Å². The fraction of sp³-hybridized carbons (Fsp3) is 0.133. The Morgan fingerprint density at radius 2 is 1.89 bits per heavy atom. The minimum Gasteiger partial charge on any atom is -0.325 e. The Morgan fingerprint density at radius 1 is 1.11 bits per heavy atom. The molecule has 0 atom stereocenters. The predicted molar refractivity (Wildman–Crippen MR) is 79.7 cm³/mol. The van der Waals surface area contributed by atoms with Crippen molar-refractivity contribution in [3.05, 3.63) is 65.7 Å². The maximum Gasteiger partial charge on any atom is 0.210 e. The number of hydrogen-bond acceptors (Lipinski definition) is 2. The molecular formula is C15H18N4. The number of aliphatic imine (C=N–C) groups is 1. The van der Waals surface area contributed by atoms with Crippen LogP contribution in [0, 0.1) is 6.92 Å². The number of nitrogens with zero attached hydrogens (tertiary/aromatic N) is 1. The molecular weight excluding hydrogens is 236 g/mol. The van der Waals surface area contributed by atoms with Gasteiger partial charge in [0, 0.05) is 5.69 Å². The highest BCUT2D eigenvalue weighted by atomic mass is 15.3. The second kappa shape index (κ2) is 6.56. The SMILES string of the molecule is Cc1cccc(CN=C(NN)Nc2ccccc2)c1. The van der Waals surface area contributed by atoms with E-state index in [1.165, 1.54) is 5.56 Å². The van der Waals surface area contributed by atoms with Crippen molar-refractivity contribution in [3.8, 4) is 0 Å². The number of hydrazine groups is 1. The maximum atomic E-state index is 5.47. The van der Waals surface area contributed by atoms with Crippen LogP contribution in [0.15, 0.2) is 59.6 Å². The zero-order valence-electron chi connectivity index (χ0n) is 10.9. The predicted octanol–water partition coefficient (Wildman–Crippen LogP) is 2.43. The van der Waals surface area contributed by atoms with Crippen LogP contribution in [0.3, 0.4) is 0 Å². The van der Waals surface area contributed by atoms with E-state index in [9.17, 15) is 0 Å². The molecule has 0 radical (unpaired) electrons. The Hall–Kier alpha value is -2.33. The molecule has 0 aliphatic heterocycles. The van der Waals surface area contributed by atoms with Crippen molar-refractivity contribution >= 4 is 11.6 Å². The van der Waals surface area contributed by atoms with E-state index in [1.807, 2.05) is 42.5 Å². The smallest absolute Gasteiger partial charge is 0.210 e. The van der Waals surface area contributed by atoms with Crippen molar-refractivity contribution in [3.63, 3.8) is 0 Å². The van der Waals surface area contributed by atoms with E-state index in [0.29, 0.717) is 12.5 Å². The molecule has 2 aromatic rings. The van der Waals surface area contributed by atoms with Crippen LogP contribution in [0.25, 0.3) is 0 Å². The summed E-state index contributed by atoms with van der Waals surface area (Å²) in [7, 11) is 0. The number of guanidine groups is 1. The molecule has 0 aliphatic carbocycles. The van der Waals surface area contributed by atoms with Gasteiger partial charge in [-0.1, -0.05) is 48.0 Å². The maximum absolute atomic E-state index is 5.47. The lowest BCUT2D eigenvalue weighted by molar-refractivity contribution is 0.967. The van der Waals surface area contributed by atoms with Crippen LogP contribution in [0.4, 0.5) is 5.69 Å². The zero-order valence-corrected chi connectivity index (χ0v) is 10.9. The van der Waals surface area contributed by atoms with Gasteiger partial charge in [-0.15, -0.1) is 0 Å². The number of nitrogens with one attached hydrogen (secondary N) is 2. The molecule has 0 bridgehead atoms. The summed E-state index contributed by atoms with van der Waals surface area (Å²) >= 11 is 0. The van der Waals surface area contributed by atoms with E-state index in [4.69, 9.17) is 5.84 Å². The molecule has 0 saturated carbocycles.